The Hall–Kier alpha value is -2.67. The van der Waals surface area contributed by atoms with E-state index in [0.717, 1.165) is 18.7 Å². The number of rotatable bonds is 6. The van der Waals surface area contributed by atoms with E-state index in [1.165, 1.54) is 6.92 Å². The number of hydrogen-bond acceptors (Lipinski definition) is 5. The summed E-state index contributed by atoms with van der Waals surface area (Å²) in [7, 11) is 0. The lowest BCUT2D eigenvalue weighted by atomic mass is 10.1. The number of carbonyl (C=O) groups is 2. The van der Waals surface area contributed by atoms with Gasteiger partial charge in [0.15, 0.2) is 0 Å². The van der Waals surface area contributed by atoms with Crippen LogP contribution in [0.3, 0.4) is 0 Å². The maximum atomic E-state index is 14.6. The van der Waals surface area contributed by atoms with Gasteiger partial charge in [0, 0.05) is 33.1 Å². The molecule has 1 amide bonds. The molecule has 0 spiro atoms. The van der Waals surface area contributed by atoms with Gasteiger partial charge in [-0.05, 0) is 24.1 Å². The Bertz CT molecular complexity index is 793. The van der Waals surface area contributed by atoms with Crippen LogP contribution < -0.4 is 0 Å². The Morgan fingerprint density at radius 3 is 2.57 bits per heavy atom. The number of nitrogens with zero attached hydrogens (tertiary/aromatic N) is 2. The molecule has 1 aromatic heterocycles. The summed E-state index contributed by atoms with van der Waals surface area (Å²) in [5, 5.41) is 0. The Morgan fingerprint density at radius 1 is 1.07 bits per heavy atom. The van der Waals surface area contributed by atoms with Crippen LogP contribution >= 0.6 is 0 Å². The zero-order valence-electron chi connectivity index (χ0n) is 16.0. The van der Waals surface area contributed by atoms with Crippen LogP contribution in [0.4, 0.5) is 4.39 Å². The molecule has 1 aliphatic heterocycles. The molecule has 2 aromatic rings. The number of hydrogen-bond donors (Lipinski definition) is 0. The van der Waals surface area contributed by atoms with E-state index in [9.17, 15) is 14.0 Å². The van der Waals surface area contributed by atoms with Crippen LogP contribution in [0, 0.1) is 0 Å². The minimum Gasteiger partial charge on any atom is -0.461 e. The molecule has 1 fully saturated rings. The van der Waals surface area contributed by atoms with Gasteiger partial charge in [0.05, 0.1) is 6.54 Å². The van der Waals surface area contributed by atoms with E-state index >= 15 is 0 Å². The molecule has 0 saturated carbocycles. The second kappa shape index (κ2) is 9.50. The maximum absolute atomic E-state index is 14.6. The fourth-order valence-electron chi connectivity index (χ4n) is 3.25. The molecule has 7 heteroatoms. The molecule has 0 N–H and O–H groups in total. The smallest absolute Gasteiger partial charge is 0.303 e. The van der Waals surface area contributed by atoms with Crippen molar-refractivity contribution in [2.45, 2.75) is 32.7 Å². The van der Waals surface area contributed by atoms with Gasteiger partial charge in [-0.3, -0.25) is 14.5 Å². The molecule has 0 radical (unpaired) electrons. The van der Waals surface area contributed by atoms with Crippen LogP contribution in [0.5, 0.6) is 0 Å². The molecular formula is C21H25FN2O4. The Labute approximate surface area is 163 Å². The summed E-state index contributed by atoms with van der Waals surface area (Å²) >= 11 is 0. The van der Waals surface area contributed by atoms with Gasteiger partial charge in [-0.15, -0.1) is 0 Å². The summed E-state index contributed by atoms with van der Waals surface area (Å²) in [5.41, 5.74) is 0.393. The number of benzene rings is 1. The quantitative estimate of drug-likeness (QED) is 0.712. The molecule has 28 heavy (non-hydrogen) atoms. The molecule has 0 bridgehead atoms. The van der Waals surface area contributed by atoms with Crippen molar-refractivity contribution in [3.05, 3.63) is 59.5 Å². The van der Waals surface area contributed by atoms with E-state index in [4.69, 9.17) is 9.15 Å². The molecular weight excluding hydrogens is 363 g/mol. The highest BCUT2D eigenvalue weighted by molar-refractivity contribution is 5.82. The van der Waals surface area contributed by atoms with Crippen molar-refractivity contribution in [1.29, 1.82) is 0 Å². The van der Waals surface area contributed by atoms with Crippen molar-refractivity contribution in [3.63, 3.8) is 0 Å². The molecule has 1 aliphatic rings. The van der Waals surface area contributed by atoms with Crippen LogP contribution in [0.1, 0.15) is 36.6 Å². The Balaban J connectivity index is 1.52. The first-order chi connectivity index (χ1) is 13.5. The van der Waals surface area contributed by atoms with E-state index in [-0.39, 0.29) is 12.6 Å². The number of furan rings is 1. The summed E-state index contributed by atoms with van der Waals surface area (Å²) in [6.45, 7) is 4.54. The number of carbonyl (C=O) groups excluding carboxylic acids is 2. The third kappa shape index (κ3) is 5.42. The third-order valence-corrected chi connectivity index (χ3v) is 4.72. The van der Waals surface area contributed by atoms with E-state index in [2.05, 4.69) is 4.90 Å². The molecule has 1 unspecified atom stereocenters. The van der Waals surface area contributed by atoms with Gasteiger partial charge < -0.3 is 14.1 Å². The zero-order chi connectivity index (χ0) is 19.9. The first kappa shape index (κ1) is 20.1. The predicted octanol–water partition coefficient (Wildman–Crippen LogP) is 3.09. The standard InChI is InChI=1S/C21H25FN2O4/c1-16(25)27-15-19-9-8-18(28-19)14-23-10-5-11-24(13-12-23)21(26)20(22)17-6-3-2-4-7-17/h2-4,6-9,20H,5,10-15H2,1H3. The predicted molar refractivity (Wildman–Crippen MR) is 101 cm³/mol. The van der Waals surface area contributed by atoms with E-state index in [1.54, 1.807) is 41.3 Å². The molecule has 150 valence electrons. The highest BCUT2D eigenvalue weighted by atomic mass is 19.1. The van der Waals surface area contributed by atoms with Crippen LogP contribution in [-0.4, -0.2) is 47.9 Å². The van der Waals surface area contributed by atoms with Gasteiger partial charge in [-0.1, -0.05) is 30.3 Å². The molecule has 1 atom stereocenters. The van der Waals surface area contributed by atoms with Gasteiger partial charge in [0.2, 0.25) is 6.17 Å². The topological polar surface area (TPSA) is 63.0 Å². The van der Waals surface area contributed by atoms with Crippen LogP contribution in [0.25, 0.3) is 0 Å². The van der Waals surface area contributed by atoms with Crippen molar-refractivity contribution < 1.29 is 23.1 Å². The first-order valence-corrected chi connectivity index (χ1v) is 9.44. The lowest BCUT2D eigenvalue weighted by Crippen LogP contribution is -2.37. The average Bonchev–Trinajstić information content (AvgIpc) is 3.02. The fourth-order valence-corrected chi connectivity index (χ4v) is 3.25. The Kier molecular flexibility index (Phi) is 6.81. The van der Waals surface area contributed by atoms with Gasteiger partial charge >= 0.3 is 5.97 Å². The lowest BCUT2D eigenvalue weighted by Gasteiger charge is -2.23. The van der Waals surface area contributed by atoms with Crippen molar-refractivity contribution >= 4 is 11.9 Å². The fraction of sp³-hybridized carbons (Fsp3) is 0.429. The van der Waals surface area contributed by atoms with E-state index < -0.39 is 12.1 Å². The van der Waals surface area contributed by atoms with Crippen molar-refractivity contribution in [2.75, 3.05) is 26.2 Å². The molecule has 1 saturated heterocycles. The highest BCUT2D eigenvalue weighted by Gasteiger charge is 2.27. The van der Waals surface area contributed by atoms with Crippen molar-refractivity contribution in [2.24, 2.45) is 0 Å². The minimum atomic E-state index is -1.62. The highest BCUT2D eigenvalue weighted by Crippen LogP contribution is 2.21. The number of esters is 1. The molecule has 1 aromatic carbocycles. The van der Waals surface area contributed by atoms with E-state index in [0.29, 0.717) is 37.5 Å². The Morgan fingerprint density at radius 2 is 1.82 bits per heavy atom. The zero-order valence-corrected chi connectivity index (χ0v) is 16.0. The second-order valence-corrected chi connectivity index (χ2v) is 6.88. The summed E-state index contributed by atoms with van der Waals surface area (Å²) in [5.74, 6) is 0.543. The van der Waals surface area contributed by atoms with Crippen LogP contribution in [-0.2, 0) is 27.5 Å². The largest absolute Gasteiger partial charge is 0.461 e. The molecule has 3 rings (SSSR count). The molecule has 0 aliphatic carbocycles. The maximum Gasteiger partial charge on any atom is 0.303 e. The van der Waals surface area contributed by atoms with E-state index in [1.807, 2.05) is 6.07 Å². The summed E-state index contributed by atoms with van der Waals surface area (Å²) in [6, 6.07) is 12.2. The number of ether oxygens (including phenoxy) is 1. The van der Waals surface area contributed by atoms with Gasteiger partial charge in [0.25, 0.3) is 5.91 Å². The normalized spacial score (nSPS) is 16.4. The summed E-state index contributed by atoms with van der Waals surface area (Å²) in [4.78, 5) is 27.2. The number of halogens is 1. The van der Waals surface area contributed by atoms with Crippen molar-refractivity contribution in [3.8, 4) is 0 Å². The van der Waals surface area contributed by atoms with Gasteiger partial charge in [-0.25, -0.2) is 4.39 Å². The lowest BCUT2D eigenvalue weighted by molar-refractivity contribution is -0.142. The average molecular weight is 388 g/mol. The first-order valence-electron chi connectivity index (χ1n) is 9.44. The number of alkyl halides is 1. The number of amides is 1. The molecule has 6 nitrogen and oxygen atoms in total. The summed E-state index contributed by atoms with van der Waals surface area (Å²) < 4.78 is 25.2. The second-order valence-electron chi connectivity index (χ2n) is 6.88. The van der Waals surface area contributed by atoms with Crippen LogP contribution in [0.2, 0.25) is 0 Å². The SMILES string of the molecule is CC(=O)OCc1ccc(CN2CCCN(C(=O)C(F)c3ccccc3)CC2)o1. The molecule has 2 heterocycles. The minimum absolute atomic E-state index is 0.120. The monoisotopic (exact) mass is 388 g/mol. The van der Waals surface area contributed by atoms with Gasteiger partial charge in [-0.2, -0.15) is 0 Å². The summed E-state index contributed by atoms with van der Waals surface area (Å²) in [6.07, 6.45) is -0.851. The van der Waals surface area contributed by atoms with Gasteiger partial charge in [0.1, 0.15) is 18.1 Å². The third-order valence-electron chi connectivity index (χ3n) is 4.72. The van der Waals surface area contributed by atoms with Crippen LogP contribution in [0.15, 0.2) is 46.9 Å². The van der Waals surface area contributed by atoms with Crippen molar-refractivity contribution in [1.82, 2.24) is 9.80 Å².